The molecule has 96 valence electrons. The van der Waals surface area contributed by atoms with Crippen molar-refractivity contribution in [2.75, 3.05) is 0 Å². The van der Waals surface area contributed by atoms with Gasteiger partial charge in [-0.05, 0) is 56.5 Å². The molecule has 0 radical (unpaired) electrons. The Balaban J connectivity index is 2.14. The molecule has 6 heteroatoms. The Morgan fingerprint density at radius 2 is 1.94 bits per heavy atom. The molecule has 0 aliphatic heterocycles. The Bertz CT molecular complexity index is 533. The van der Waals surface area contributed by atoms with E-state index in [-0.39, 0.29) is 0 Å². The summed E-state index contributed by atoms with van der Waals surface area (Å²) < 4.78 is 7.69. The van der Waals surface area contributed by atoms with Crippen molar-refractivity contribution in [1.82, 2.24) is 4.98 Å². The third-order valence-corrected chi connectivity index (χ3v) is 4.98. The van der Waals surface area contributed by atoms with E-state index in [1.807, 2.05) is 24.4 Å². The molecule has 0 spiro atoms. The average Bonchev–Trinajstić information content (AvgIpc) is 2.73. The van der Waals surface area contributed by atoms with Gasteiger partial charge < -0.3 is 4.74 Å². The second kappa shape index (κ2) is 6.50. The fraction of sp³-hybridized carbons (Fsp3) is 0.250. The zero-order valence-corrected chi connectivity index (χ0v) is 15.1. The summed E-state index contributed by atoms with van der Waals surface area (Å²) in [6.45, 7) is 2.47. The molecule has 1 heterocycles. The number of hydrogen-bond donors (Lipinski definition) is 0. The van der Waals surface area contributed by atoms with Crippen LogP contribution < -0.4 is 4.74 Å². The van der Waals surface area contributed by atoms with Crippen molar-refractivity contribution >= 4 is 59.1 Å². The first-order chi connectivity index (χ1) is 8.60. The van der Waals surface area contributed by atoms with E-state index in [4.69, 9.17) is 4.74 Å². The van der Waals surface area contributed by atoms with Crippen LogP contribution >= 0.6 is 59.1 Å². The van der Waals surface area contributed by atoms with Gasteiger partial charge in [-0.15, -0.1) is 11.3 Å². The number of halogens is 3. The molecule has 0 unspecified atom stereocenters. The quantitative estimate of drug-likeness (QED) is 0.572. The summed E-state index contributed by atoms with van der Waals surface area (Å²) in [6.07, 6.45) is 0. The fourth-order valence-corrected chi connectivity index (χ4v) is 3.95. The number of thiazole rings is 1. The molecule has 0 bridgehead atoms. The van der Waals surface area contributed by atoms with Crippen molar-refractivity contribution in [3.05, 3.63) is 42.7 Å². The van der Waals surface area contributed by atoms with Crippen LogP contribution in [0.2, 0.25) is 0 Å². The van der Waals surface area contributed by atoms with E-state index in [1.54, 1.807) is 11.3 Å². The standard InChI is InChI=1S/C12H10Br3NOS/c1-7-6-18-11(16-7)5-17-12-9(14)2-8(4-13)3-10(12)15/h2-3,6H,4-5H2,1H3. The minimum Gasteiger partial charge on any atom is -0.484 e. The highest BCUT2D eigenvalue weighted by molar-refractivity contribution is 9.11. The van der Waals surface area contributed by atoms with Crippen molar-refractivity contribution in [2.24, 2.45) is 0 Å². The Morgan fingerprint density at radius 3 is 2.44 bits per heavy atom. The molecular formula is C12H10Br3NOS. The predicted molar refractivity (Wildman–Crippen MR) is 85.7 cm³/mol. The van der Waals surface area contributed by atoms with Crippen LogP contribution in [0.4, 0.5) is 0 Å². The zero-order chi connectivity index (χ0) is 13.1. The van der Waals surface area contributed by atoms with Crippen LogP contribution in [0, 0.1) is 6.92 Å². The molecule has 1 aromatic carbocycles. The van der Waals surface area contributed by atoms with Gasteiger partial charge in [0.05, 0.1) is 8.95 Å². The highest BCUT2D eigenvalue weighted by Gasteiger charge is 2.10. The van der Waals surface area contributed by atoms with Crippen LogP contribution in [-0.4, -0.2) is 4.98 Å². The summed E-state index contributed by atoms with van der Waals surface area (Å²) in [6, 6.07) is 4.09. The van der Waals surface area contributed by atoms with Gasteiger partial charge in [-0.1, -0.05) is 15.9 Å². The normalized spacial score (nSPS) is 10.7. The third-order valence-electron chi connectivity index (χ3n) is 2.22. The van der Waals surface area contributed by atoms with E-state index in [9.17, 15) is 0 Å². The van der Waals surface area contributed by atoms with Crippen LogP contribution in [0.5, 0.6) is 5.75 Å². The van der Waals surface area contributed by atoms with Gasteiger partial charge in [-0.2, -0.15) is 0 Å². The Labute approximate surface area is 135 Å². The Kier molecular flexibility index (Phi) is 5.24. The van der Waals surface area contributed by atoms with E-state index in [1.165, 1.54) is 5.56 Å². The summed E-state index contributed by atoms with van der Waals surface area (Å²) in [4.78, 5) is 4.37. The number of hydrogen-bond acceptors (Lipinski definition) is 3. The maximum absolute atomic E-state index is 5.81. The monoisotopic (exact) mass is 453 g/mol. The number of ether oxygens (including phenoxy) is 1. The molecule has 2 rings (SSSR count). The summed E-state index contributed by atoms with van der Waals surface area (Å²) in [5, 5.41) is 3.82. The maximum Gasteiger partial charge on any atom is 0.148 e. The van der Waals surface area contributed by atoms with Gasteiger partial charge in [0.15, 0.2) is 0 Å². The molecule has 0 N–H and O–H groups in total. The van der Waals surface area contributed by atoms with Gasteiger partial charge in [0.25, 0.3) is 0 Å². The van der Waals surface area contributed by atoms with Gasteiger partial charge in [0, 0.05) is 16.4 Å². The van der Waals surface area contributed by atoms with Gasteiger partial charge in [0.1, 0.15) is 17.4 Å². The third kappa shape index (κ3) is 3.56. The van der Waals surface area contributed by atoms with Gasteiger partial charge in [-0.25, -0.2) is 4.98 Å². The van der Waals surface area contributed by atoms with Gasteiger partial charge in [-0.3, -0.25) is 0 Å². The minimum atomic E-state index is 0.489. The molecule has 2 nitrogen and oxygen atoms in total. The maximum atomic E-state index is 5.81. The van der Waals surface area contributed by atoms with Crippen LogP contribution in [-0.2, 0) is 11.9 Å². The van der Waals surface area contributed by atoms with Crippen molar-refractivity contribution in [2.45, 2.75) is 18.9 Å². The molecule has 18 heavy (non-hydrogen) atoms. The Hall–Kier alpha value is 0.0900. The zero-order valence-electron chi connectivity index (χ0n) is 9.54. The lowest BCUT2D eigenvalue weighted by molar-refractivity contribution is 0.301. The van der Waals surface area contributed by atoms with Crippen molar-refractivity contribution in [3.63, 3.8) is 0 Å². The molecule has 0 fully saturated rings. The summed E-state index contributed by atoms with van der Waals surface area (Å²) in [7, 11) is 0. The molecule has 0 atom stereocenters. The lowest BCUT2D eigenvalue weighted by Crippen LogP contribution is -1.97. The van der Waals surface area contributed by atoms with Gasteiger partial charge in [0.2, 0.25) is 0 Å². The Morgan fingerprint density at radius 1 is 1.28 bits per heavy atom. The van der Waals surface area contributed by atoms with E-state index in [2.05, 4.69) is 52.8 Å². The smallest absolute Gasteiger partial charge is 0.148 e. The first-order valence-corrected chi connectivity index (χ1v) is 8.76. The van der Waals surface area contributed by atoms with E-state index < -0.39 is 0 Å². The molecular weight excluding hydrogens is 446 g/mol. The highest BCUT2D eigenvalue weighted by atomic mass is 79.9. The second-order valence-electron chi connectivity index (χ2n) is 3.69. The molecule has 0 saturated carbocycles. The highest BCUT2D eigenvalue weighted by Crippen LogP contribution is 2.36. The molecule has 1 aromatic heterocycles. The molecule has 0 aliphatic carbocycles. The number of benzene rings is 1. The van der Waals surface area contributed by atoms with Crippen LogP contribution in [0.15, 0.2) is 26.5 Å². The largest absolute Gasteiger partial charge is 0.484 e. The molecule has 0 amide bonds. The second-order valence-corrected chi connectivity index (χ2v) is 6.91. The number of alkyl halides is 1. The van der Waals surface area contributed by atoms with Crippen molar-refractivity contribution in [3.8, 4) is 5.75 Å². The van der Waals surface area contributed by atoms with Crippen LogP contribution in [0.3, 0.4) is 0 Å². The number of aryl methyl sites for hydroxylation is 1. The summed E-state index contributed by atoms with van der Waals surface area (Å²) in [5.74, 6) is 0.813. The first-order valence-electron chi connectivity index (χ1n) is 5.18. The lowest BCUT2D eigenvalue weighted by atomic mass is 10.2. The topological polar surface area (TPSA) is 22.1 Å². The van der Waals surface area contributed by atoms with Crippen molar-refractivity contribution < 1.29 is 4.74 Å². The van der Waals surface area contributed by atoms with E-state index >= 15 is 0 Å². The molecule has 0 saturated heterocycles. The van der Waals surface area contributed by atoms with Crippen LogP contribution in [0.25, 0.3) is 0 Å². The number of aromatic nitrogens is 1. The predicted octanol–water partition coefficient (Wildman–Crippen LogP) is 5.45. The lowest BCUT2D eigenvalue weighted by Gasteiger charge is -2.10. The number of rotatable bonds is 4. The SMILES string of the molecule is Cc1csc(COc2c(Br)cc(CBr)cc2Br)n1. The molecule has 0 aliphatic rings. The van der Waals surface area contributed by atoms with Gasteiger partial charge >= 0.3 is 0 Å². The summed E-state index contributed by atoms with van der Waals surface area (Å²) >= 11 is 12.1. The summed E-state index contributed by atoms with van der Waals surface area (Å²) in [5.41, 5.74) is 2.22. The minimum absolute atomic E-state index is 0.489. The van der Waals surface area contributed by atoms with Crippen LogP contribution in [0.1, 0.15) is 16.3 Å². The van der Waals surface area contributed by atoms with E-state index in [0.717, 1.165) is 30.7 Å². The number of nitrogens with zero attached hydrogens (tertiary/aromatic N) is 1. The fourth-order valence-electron chi connectivity index (χ4n) is 1.43. The van der Waals surface area contributed by atoms with E-state index in [0.29, 0.717) is 6.61 Å². The van der Waals surface area contributed by atoms with Crippen molar-refractivity contribution in [1.29, 1.82) is 0 Å². The molecule has 2 aromatic rings. The first kappa shape index (κ1) is 14.5. The average molecular weight is 456 g/mol.